The van der Waals surface area contributed by atoms with Crippen LogP contribution in [0.15, 0.2) is 59.6 Å². The molecule has 1 fully saturated rings. The van der Waals surface area contributed by atoms with Gasteiger partial charge in [0, 0.05) is 36.3 Å². The molecule has 1 aliphatic heterocycles. The van der Waals surface area contributed by atoms with Crippen molar-refractivity contribution in [1.82, 2.24) is 9.47 Å². The van der Waals surface area contributed by atoms with Gasteiger partial charge >= 0.3 is 0 Å². The highest BCUT2D eigenvalue weighted by atomic mass is 32.2. The van der Waals surface area contributed by atoms with Crippen molar-refractivity contribution < 1.29 is 9.53 Å². The maximum absolute atomic E-state index is 12.4. The lowest BCUT2D eigenvalue weighted by Crippen LogP contribution is -2.22. The summed E-state index contributed by atoms with van der Waals surface area (Å²) in [6, 6.07) is 16.4. The summed E-state index contributed by atoms with van der Waals surface area (Å²) in [5.74, 6) is 0.860. The number of carbonyl (C=O) groups is 1. The summed E-state index contributed by atoms with van der Waals surface area (Å²) >= 11 is 6.59. The van der Waals surface area contributed by atoms with Gasteiger partial charge in [-0.05, 0) is 37.6 Å². The number of para-hydroxylation sites is 1. The molecule has 29 heavy (non-hydrogen) atoms. The fraction of sp³-hybridized carbons (Fsp3) is 0.217. The Morgan fingerprint density at radius 3 is 2.62 bits per heavy atom. The van der Waals surface area contributed by atoms with Gasteiger partial charge in [-0.15, -0.1) is 0 Å². The molecule has 4 rings (SSSR count). The quantitative estimate of drug-likeness (QED) is 0.309. The molecule has 0 spiro atoms. The van der Waals surface area contributed by atoms with Crippen molar-refractivity contribution in [3.8, 4) is 5.75 Å². The summed E-state index contributed by atoms with van der Waals surface area (Å²) in [5.41, 5.74) is 3.42. The van der Waals surface area contributed by atoms with Gasteiger partial charge in [0.05, 0.1) is 11.5 Å². The number of ether oxygens (including phenoxy) is 1. The van der Waals surface area contributed by atoms with Crippen molar-refractivity contribution >= 4 is 51.2 Å². The molecule has 0 saturated carbocycles. The Morgan fingerprint density at radius 1 is 1.14 bits per heavy atom. The van der Waals surface area contributed by atoms with Crippen LogP contribution in [0.1, 0.15) is 17.5 Å². The van der Waals surface area contributed by atoms with Crippen LogP contribution in [0.5, 0.6) is 5.75 Å². The van der Waals surface area contributed by atoms with E-state index in [1.54, 1.807) is 7.05 Å². The average molecular weight is 423 g/mol. The topological polar surface area (TPSA) is 34.5 Å². The molecular formula is C23H22N2O2S2. The number of carbonyl (C=O) groups excluding carboxylic acids is 1. The number of hydrogen-bond donors (Lipinski definition) is 0. The van der Waals surface area contributed by atoms with Gasteiger partial charge in [0.15, 0.2) is 0 Å². The Balaban J connectivity index is 1.49. The van der Waals surface area contributed by atoms with Crippen LogP contribution in [0.3, 0.4) is 0 Å². The van der Waals surface area contributed by atoms with Crippen LogP contribution < -0.4 is 4.74 Å². The fourth-order valence-electron chi connectivity index (χ4n) is 3.32. The summed E-state index contributed by atoms with van der Waals surface area (Å²) in [6.07, 6.45) is 4.95. The van der Waals surface area contributed by atoms with Crippen LogP contribution in [0.2, 0.25) is 0 Å². The molecule has 1 aromatic heterocycles. The summed E-state index contributed by atoms with van der Waals surface area (Å²) in [6.45, 7) is 3.56. The van der Waals surface area contributed by atoms with Crippen molar-refractivity contribution in [1.29, 1.82) is 0 Å². The minimum Gasteiger partial charge on any atom is -0.494 e. The minimum atomic E-state index is -0.0386. The molecule has 1 saturated heterocycles. The third-order valence-electron chi connectivity index (χ3n) is 4.93. The SMILES string of the molecule is Cc1ccc(OCCCn2cc(/C=C3\SC(=S)N(C)C3=O)c3ccccc32)cc1. The normalized spacial score (nSPS) is 15.7. The number of nitrogens with zero attached hydrogens (tertiary/aromatic N) is 2. The zero-order valence-electron chi connectivity index (χ0n) is 16.4. The number of likely N-dealkylation sites (N-methyl/N-ethyl adjacent to an activating group) is 1. The molecule has 4 nitrogen and oxygen atoms in total. The molecule has 3 aromatic rings. The third kappa shape index (κ3) is 4.23. The van der Waals surface area contributed by atoms with E-state index in [0.717, 1.165) is 35.2 Å². The van der Waals surface area contributed by atoms with E-state index in [4.69, 9.17) is 17.0 Å². The Labute approximate surface area is 180 Å². The van der Waals surface area contributed by atoms with Gasteiger partial charge in [0.2, 0.25) is 0 Å². The molecule has 0 unspecified atom stereocenters. The Kier molecular flexibility index (Phi) is 5.74. The maximum atomic E-state index is 12.4. The number of fused-ring (bicyclic) bond motifs is 1. The van der Waals surface area contributed by atoms with Crippen LogP contribution in [0, 0.1) is 6.92 Å². The number of rotatable bonds is 6. The second-order valence-corrected chi connectivity index (χ2v) is 8.73. The van der Waals surface area contributed by atoms with Gasteiger partial charge in [0.25, 0.3) is 5.91 Å². The lowest BCUT2D eigenvalue weighted by Gasteiger charge is -2.08. The van der Waals surface area contributed by atoms with Gasteiger partial charge in [-0.2, -0.15) is 0 Å². The highest BCUT2D eigenvalue weighted by molar-refractivity contribution is 8.26. The Bertz CT molecular complexity index is 1100. The predicted molar refractivity (Wildman–Crippen MR) is 124 cm³/mol. The number of thioether (sulfide) groups is 1. The number of benzene rings is 2. The summed E-state index contributed by atoms with van der Waals surface area (Å²) < 4.78 is 8.68. The third-order valence-corrected chi connectivity index (χ3v) is 6.41. The van der Waals surface area contributed by atoms with Crippen LogP contribution in [-0.2, 0) is 11.3 Å². The lowest BCUT2D eigenvalue weighted by atomic mass is 10.1. The predicted octanol–water partition coefficient (Wildman–Crippen LogP) is 5.25. The van der Waals surface area contributed by atoms with E-state index >= 15 is 0 Å². The Hall–Kier alpha value is -2.57. The molecule has 0 bridgehead atoms. The lowest BCUT2D eigenvalue weighted by molar-refractivity contribution is -0.121. The second-order valence-electron chi connectivity index (χ2n) is 7.05. The van der Waals surface area contributed by atoms with Gasteiger partial charge < -0.3 is 9.30 Å². The zero-order chi connectivity index (χ0) is 20.4. The molecule has 0 atom stereocenters. The van der Waals surface area contributed by atoms with Crippen molar-refractivity contribution in [2.75, 3.05) is 13.7 Å². The first-order valence-electron chi connectivity index (χ1n) is 9.52. The molecular weight excluding hydrogens is 400 g/mol. The number of hydrogen-bond acceptors (Lipinski definition) is 4. The van der Waals surface area contributed by atoms with E-state index in [1.165, 1.54) is 22.2 Å². The summed E-state index contributed by atoms with van der Waals surface area (Å²) in [4.78, 5) is 14.5. The summed E-state index contributed by atoms with van der Waals surface area (Å²) in [7, 11) is 1.72. The standard InChI is InChI=1S/C23H22N2O2S2/c1-16-8-10-18(11-9-16)27-13-5-12-25-15-17(19-6-3-4-7-20(19)25)14-21-22(26)24(2)23(28)29-21/h3-4,6-11,14-15H,5,12-13H2,1-2H3/b21-14-. The molecule has 148 valence electrons. The van der Waals surface area contributed by atoms with E-state index in [0.29, 0.717) is 15.8 Å². The van der Waals surface area contributed by atoms with Crippen molar-refractivity contribution in [3.05, 3.63) is 70.8 Å². The maximum Gasteiger partial charge on any atom is 0.265 e. The van der Waals surface area contributed by atoms with Gasteiger partial charge in [-0.3, -0.25) is 9.69 Å². The van der Waals surface area contributed by atoms with Crippen molar-refractivity contribution in [2.45, 2.75) is 19.9 Å². The second kappa shape index (κ2) is 8.43. The number of amides is 1. The van der Waals surface area contributed by atoms with E-state index in [1.807, 2.05) is 30.3 Å². The molecule has 6 heteroatoms. The highest BCUT2D eigenvalue weighted by Gasteiger charge is 2.29. The number of aryl methyl sites for hydroxylation is 2. The molecule has 2 aromatic carbocycles. The van der Waals surface area contributed by atoms with Crippen LogP contribution in [0.25, 0.3) is 17.0 Å². The first-order valence-corrected chi connectivity index (χ1v) is 10.7. The van der Waals surface area contributed by atoms with Crippen LogP contribution in [0.4, 0.5) is 0 Å². The van der Waals surface area contributed by atoms with Crippen LogP contribution in [-0.4, -0.2) is 33.3 Å². The number of thiocarbonyl (C=S) groups is 1. The van der Waals surface area contributed by atoms with Crippen molar-refractivity contribution in [3.63, 3.8) is 0 Å². The first-order chi connectivity index (χ1) is 14.0. The molecule has 2 heterocycles. The first kappa shape index (κ1) is 19.7. The fourth-order valence-corrected chi connectivity index (χ4v) is 4.49. The van der Waals surface area contributed by atoms with Gasteiger partial charge in [-0.1, -0.05) is 59.9 Å². The van der Waals surface area contributed by atoms with Crippen LogP contribution >= 0.6 is 24.0 Å². The monoisotopic (exact) mass is 422 g/mol. The highest BCUT2D eigenvalue weighted by Crippen LogP contribution is 2.33. The average Bonchev–Trinajstić information content (AvgIpc) is 3.19. The van der Waals surface area contributed by atoms with Gasteiger partial charge in [-0.25, -0.2) is 0 Å². The number of aromatic nitrogens is 1. The minimum absolute atomic E-state index is 0.0386. The van der Waals surface area contributed by atoms with E-state index in [2.05, 4.69) is 42.0 Å². The van der Waals surface area contributed by atoms with E-state index in [9.17, 15) is 4.79 Å². The molecule has 0 radical (unpaired) electrons. The van der Waals surface area contributed by atoms with E-state index in [-0.39, 0.29) is 5.91 Å². The molecule has 0 N–H and O–H groups in total. The Morgan fingerprint density at radius 2 is 1.90 bits per heavy atom. The smallest absolute Gasteiger partial charge is 0.265 e. The molecule has 0 aliphatic carbocycles. The van der Waals surface area contributed by atoms with E-state index < -0.39 is 0 Å². The zero-order valence-corrected chi connectivity index (χ0v) is 18.1. The molecule has 1 amide bonds. The van der Waals surface area contributed by atoms with Crippen molar-refractivity contribution in [2.24, 2.45) is 0 Å². The summed E-state index contributed by atoms with van der Waals surface area (Å²) in [5, 5.41) is 1.13. The molecule has 1 aliphatic rings. The van der Waals surface area contributed by atoms with Gasteiger partial charge in [0.1, 0.15) is 10.1 Å². The largest absolute Gasteiger partial charge is 0.494 e.